The number of nitrogens with two attached hydrogens (primary N) is 1. The third-order valence-electron chi connectivity index (χ3n) is 4.27. The summed E-state index contributed by atoms with van der Waals surface area (Å²) < 4.78 is 7.13. The van der Waals surface area contributed by atoms with Crippen molar-refractivity contribution in [3.63, 3.8) is 0 Å². The second kappa shape index (κ2) is 6.37. The Kier molecular flexibility index (Phi) is 5.14. The van der Waals surface area contributed by atoms with Crippen molar-refractivity contribution in [2.75, 3.05) is 19.6 Å². The van der Waals surface area contributed by atoms with Crippen LogP contribution in [0.4, 0.5) is 0 Å². The predicted octanol–water partition coefficient (Wildman–Crippen LogP) is 3.21. The van der Waals surface area contributed by atoms with E-state index in [1.807, 2.05) is 0 Å². The van der Waals surface area contributed by atoms with E-state index in [0.717, 1.165) is 24.0 Å². The largest absolute Gasteiger partial charge is 0.370 e. The minimum absolute atomic E-state index is 0.0386. The second-order valence-corrected chi connectivity index (χ2v) is 7.99. The summed E-state index contributed by atoms with van der Waals surface area (Å²) in [6, 6.07) is 8.54. The first kappa shape index (κ1) is 16.9. The molecule has 3 nitrogen and oxygen atoms in total. The van der Waals surface area contributed by atoms with E-state index in [-0.39, 0.29) is 17.2 Å². The summed E-state index contributed by atoms with van der Waals surface area (Å²) in [6.45, 7) is 11.2. The van der Waals surface area contributed by atoms with E-state index in [0.29, 0.717) is 6.54 Å². The summed E-state index contributed by atoms with van der Waals surface area (Å²) in [5, 5.41) is 0. The van der Waals surface area contributed by atoms with Crippen LogP contribution in [-0.4, -0.2) is 41.8 Å². The van der Waals surface area contributed by atoms with Gasteiger partial charge in [0.2, 0.25) is 0 Å². The molecular formula is C17H27BrN2O. The molecule has 1 fully saturated rings. The summed E-state index contributed by atoms with van der Waals surface area (Å²) in [4.78, 5) is 2.50. The molecule has 1 saturated heterocycles. The zero-order chi connectivity index (χ0) is 15.7. The van der Waals surface area contributed by atoms with Crippen molar-refractivity contribution < 1.29 is 4.74 Å². The van der Waals surface area contributed by atoms with Gasteiger partial charge in [-0.3, -0.25) is 4.90 Å². The standard InChI is InChI=1S/C17H27BrN2O/c1-13-10-20(12-16(2,3)21-13)17(4,11-19)9-14-5-7-15(18)8-6-14/h5-8,13H,9-12,19H2,1-4H3. The lowest BCUT2D eigenvalue weighted by atomic mass is 9.88. The molecule has 0 bridgehead atoms. The Bertz CT molecular complexity index is 474. The van der Waals surface area contributed by atoms with Gasteiger partial charge in [-0.25, -0.2) is 0 Å². The Morgan fingerprint density at radius 1 is 1.38 bits per heavy atom. The molecule has 1 aromatic rings. The highest BCUT2D eigenvalue weighted by molar-refractivity contribution is 9.10. The molecule has 0 radical (unpaired) electrons. The van der Waals surface area contributed by atoms with Gasteiger partial charge < -0.3 is 10.5 Å². The lowest BCUT2D eigenvalue weighted by molar-refractivity contribution is -0.150. The molecule has 0 saturated carbocycles. The van der Waals surface area contributed by atoms with E-state index in [1.54, 1.807) is 0 Å². The highest BCUT2D eigenvalue weighted by Crippen LogP contribution is 2.29. The molecule has 1 aromatic carbocycles. The molecule has 2 atom stereocenters. The molecule has 2 unspecified atom stereocenters. The van der Waals surface area contributed by atoms with Crippen molar-refractivity contribution in [2.45, 2.75) is 51.4 Å². The molecule has 21 heavy (non-hydrogen) atoms. The van der Waals surface area contributed by atoms with Crippen molar-refractivity contribution >= 4 is 15.9 Å². The molecule has 118 valence electrons. The summed E-state index contributed by atoms with van der Waals surface area (Å²) in [7, 11) is 0. The molecule has 0 spiro atoms. The number of nitrogens with zero attached hydrogens (tertiary/aromatic N) is 1. The Morgan fingerprint density at radius 2 is 2.00 bits per heavy atom. The smallest absolute Gasteiger partial charge is 0.0757 e. The van der Waals surface area contributed by atoms with Crippen LogP contribution in [0.1, 0.15) is 33.3 Å². The van der Waals surface area contributed by atoms with Crippen molar-refractivity contribution in [2.24, 2.45) is 5.73 Å². The molecule has 1 aliphatic heterocycles. The van der Waals surface area contributed by atoms with Gasteiger partial charge in [0, 0.05) is 29.6 Å². The Balaban J connectivity index is 2.17. The molecule has 0 aliphatic carbocycles. The maximum Gasteiger partial charge on any atom is 0.0757 e. The number of benzene rings is 1. The van der Waals surface area contributed by atoms with Crippen molar-refractivity contribution in [1.29, 1.82) is 0 Å². The van der Waals surface area contributed by atoms with Crippen LogP contribution in [0.25, 0.3) is 0 Å². The maximum absolute atomic E-state index is 6.16. The minimum Gasteiger partial charge on any atom is -0.370 e. The number of rotatable bonds is 4. The van der Waals surface area contributed by atoms with Gasteiger partial charge in [0.25, 0.3) is 0 Å². The fourth-order valence-corrected chi connectivity index (χ4v) is 3.48. The monoisotopic (exact) mass is 354 g/mol. The summed E-state index contributed by atoms with van der Waals surface area (Å²) in [6.07, 6.45) is 1.20. The quantitative estimate of drug-likeness (QED) is 0.901. The fourth-order valence-electron chi connectivity index (χ4n) is 3.22. The number of hydrogen-bond acceptors (Lipinski definition) is 3. The van der Waals surface area contributed by atoms with Crippen molar-refractivity contribution in [3.05, 3.63) is 34.3 Å². The summed E-state index contributed by atoms with van der Waals surface area (Å²) in [5.74, 6) is 0. The van der Waals surface area contributed by atoms with Crippen LogP contribution in [0.15, 0.2) is 28.7 Å². The molecular weight excluding hydrogens is 328 g/mol. The van der Waals surface area contributed by atoms with Gasteiger partial charge in [-0.15, -0.1) is 0 Å². The maximum atomic E-state index is 6.16. The van der Waals surface area contributed by atoms with E-state index in [9.17, 15) is 0 Å². The number of morpholine rings is 1. The molecule has 1 aliphatic rings. The van der Waals surface area contributed by atoms with Crippen LogP contribution in [0.5, 0.6) is 0 Å². The van der Waals surface area contributed by atoms with E-state index >= 15 is 0 Å². The predicted molar refractivity (Wildman–Crippen MR) is 91.5 cm³/mol. The van der Waals surface area contributed by atoms with E-state index < -0.39 is 0 Å². The molecule has 1 heterocycles. The summed E-state index contributed by atoms with van der Waals surface area (Å²) >= 11 is 3.49. The molecule has 4 heteroatoms. The Labute approximate surface area is 137 Å². The molecule has 0 aromatic heterocycles. The van der Waals surface area contributed by atoms with E-state index in [2.05, 4.69) is 72.8 Å². The second-order valence-electron chi connectivity index (χ2n) is 7.07. The van der Waals surface area contributed by atoms with Gasteiger partial charge in [-0.05, 0) is 51.8 Å². The van der Waals surface area contributed by atoms with Crippen molar-refractivity contribution in [1.82, 2.24) is 4.90 Å². The first-order valence-corrected chi connectivity index (χ1v) is 8.41. The number of halogens is 1. The Morgan fingerprint density at radius 3 is 2.52 bits per heavy atom. The Hall–Kier alpha value is -0.420. The lowest BCUT2D eigenvalue weighted by Gasteiger charge is -2.50. The van der Waals surface area contributed by atoms with Gasteiger partial charge in [-0.1, -0.05) is 28.1 Å². The van der Waals surface area contributed by atoms with Crippen molar-refractivity contribution in [3.8, 4) is 0 Å². The normalized spacial score (nSPS) is 25.5. The SMILES string of the molecule is CC1CN(C(C)(CN)Cc2ccc(Br)cc2)CC(C)(C)O1. The fraction of sp³-hybridized carbons (Fsp3) is 0.647. The highest BCUT2D eigenvalue weighted by atomic mass is 79.9. The highest BCUT2D eigenvalue weighted by Gasteiger charge is 2.40. The third kappa shape index (κ3) is 4.28. The van der Waals surface area contributed by atoms with Crippen LogP contribution in [0, 0.1) is 0 Å². The molecule has 2 N–H and O–H groups in total. The van der Waals surface area contributed by atoms with Crippen LogP contribution >= 0.6 is 15.9 Å². The lowest BCUT2D eigenvalue weighted by Crippen LogP contribution is -2.62. The van der Waals surface area contributed by atoms with Gasteiger partial charge in [0.15, 0.2) is 0 Å². The summed E-state index contributed by atoms with van der Waals surface area (Å²) in [5.41, 5.74) is 7.32. The van der Waals surface area contributed by atoms with Crippen LogP contribution in [0.2, 0.25) is 0 Å². The van der Waals surface area contributed by atoms with E-state index in [1.165, 1.54) is 5.56 Å². The molecule has 2 rings (SSSR count). The zero-order valence-electron chi connectivity index (χ0n) is 13.5. The first-order valence-electron chi connectivity index (χ1n) is 7.61. The van der Waals surface area contributed by atoms with Crippen LogP contribution < -0.4 is 5.73 Å². The average molecular weight is 355 g/mol. The number of hydrogen-bond donors (Lipinski definition) is 1. The van der Waals surface area contributed by atoms with E-state index in [4.69, 9.17) is 10.5 Å². The molecule has 0 amide bonds. The first-order chi connectivity index (χ1) is 9.74. The zero-order valence-corrected chi connectivity index (χ0v) is 15.1. The topological polar surface area (TPSA) is 38.5 Å². The van der Waals surface area contributed by atoms with Gasteiger partial charge in [-0.2, -0.15) is 0 Å². The van der Waals surface area contributed by atoms with Crippen LogP contribution in [0.3, 0.4) is 0 Å². The van der Waals surface area contributed by atoms with Gasteiger partial charge >= 0.3 is 0 Å². The minimum atomic E-state index is -0.117. The number of ether oxygens (including phenoxy) is 1. The van der Waals surface area contributed by atoms with Gasteiger partial charge in [0.1, 0.15) is 0 Å². The van der Waals surface area contributed by atoms with Gasteiger partial charge in [0.05, 0.1) is 11.7 Å². The third-order valence-corrected chi connectivity index (χ3v) is 4.80. The average Bonchev–Trinajstić information content (AvgIpc) is 2.39. The van der Waals surface area contributed by atoms with Crippen LogP contribution in [-0.2, 0) is 11.2 Å².